The number of aliphatic hydroxyl groups is 1. The van der Waals surface area contributed by atoms with Crippen molar-refractivity contribution in [1.82, 2.24) is 4.90 Å². The molecule has 1 aliphatic heterocycles. The Balaban J connectivity index is 2.02. The van der Waals surface area contributed by atoms with Gasteiger partial charge in [-0.25, -0.2) is 0 Å². The third-order valence-electron chi connectivity index (χ3n) is 3.61. The zero-order valence-corrected chi connectivity index (χ0v) is 11.2. The first-order valence-corrected chi connectivity index (χ1v) is 6.69. The molecule has 1 unspecified atom stereocenters. The maximum Gasteiger partial charge on any atom is 0.255 e. The smallest absolute Gasteiger partial charge is 0.255 e. The second-order valence-electron chi connectivity index (χ2n) is 4.85. The van der Waals surface area contributed by atoms with Crippen molar-refractivity contribution in [2.75, 3.05) is 13.1 Å². The predicted molar refractivity (Wildman–Crippen MR) is 71.8 cm³/mol. The number of hydrogen-bond acceptors (Lipinski definition) is 2. The van der Waals surface area contributed by atoms with Gasteiger partial charge in [0.05, 0.1) is 16.7 Å². The van der Waals surface area contributed by atoms with Crippen LogP contribution in [0.1, 0.15) is 30.1 Å². The molecule has 18 heavy (non-hydrogen) atoms. The van der Waals surface area contributed by atoms with Gasteiger partial charge in [-0.2, -0.15) is 0 Å². The van der Waals surface area contributed by atoms with Crippen LogP contribution in [0.15, 0.2) is 24.3 Å². The van der Waals surface area contributed by atoms with Crippen LogP contribution in [0, 0.1) is 5.92 Å². The Bertz CT molecular complexity index is 426. The lowest BCUT2D eigenvalue weighted by Crippen LogP contribution is -2.40. The van der Waals surface area contributed by atoms with Gasteiger partial charge in [-0.05, 0) is 37.8 Å². The van der Waals surface area contributed by atoms with Crippen LogP contribution in [0.2, 0.25) is 5.02 Å². The van der Waals surface area contributed by atoms with Gasteiger partial charge in [0.15, 0.2) is 0 Å². The van der Waals surface area contributed by atoms with Crippen molar-refractivity contribution in [3.63, 3.8) is 0 Å². The maximum atomic E-state index is 12.3. The molecular formula is C14H18ClNO2. The standard InChI is InChI=1S/C14H18ClNO2/c1-10(17)11-6-8-16(9-7-11)14(18)12-4-2-3-5-13(12)15/h2-5,10-11,17H,6-9H2,1H3. The summed E-state index contributed by atoms with van der Waals surface area (Å²) in [6.45, 7) is 3.20. The molecule has 1 N–H and O–H groups in total. The van der Waals surface area contributed by atoms with E-state index in [-0.39, 0.29) is 12.0 Å². The molecule has 4 heteroatoms. The highest BCUT2D eigenvalue weighted by Crippen LogP contribution is 2.23. The van der Waals surface area contributed by atoms with Gasteiger partial charge in [0.1, 0.15) is 0 Å². The largest absolute Gasteiger partial charge is 0.393 e. The summed E-state index contributed by atoms with van der Waals surface area (Å²) in [5.41, 5.74) is 0.565. The Morgan fingerprint density at radius 1 is 1.39 bits per heavy atom. The van der Waals surface area contributed by atoms with Gasteiger partial charge in [0, 0.05) is 13.1 Å². The average molecular weight is 268 g/mol. The molecule has 1 fully saturated rings. The van der Waals surface area contributed by atoms with Crippen molar-refractivity contribution < 1.29 is 9.90 Å². The van der Waals surface area contributed by atoms with Crippen LogP contribution in [0.25, 0.3) is 0 Å². The predicted octanol–water partition coefficient (Wildman–Crippen LogP) is 2.57. The van der Waals surface area contributed by atoms with E-state index in [9.17, 15) is 9.90 Å². The second-order valence-corrected chi connectivity index (χ2v) is 5.26. The van der Waals surface area contributed by atoms with E-state index in [0.29, 0.717) is 29.6 Å². The molecule has 0 aromatic heterocycles. The lowest BCUT2D eigenvalue weighted by molar-refractivity contribution is 0.0521. The van der Waals surface area contributed by atoms with Gasteiger partial charge in [-0.15, -0.1) is 0 Å². The minimum absolute atomic E-state index is 0.00959. The molecule has 1 aromatic carbocycles. The van der Waals surface area contributed by atoms with E-state index in [1.807, 2.05) is 24.0 Å². The van der Waals surface area contributed by atoms with Crippen molar-refractivity contribution in [2.24, 2.45) is 5.92 Å². The lowest BCUT2D eigenvalue weighted by atomic mass is 9.92. The minimum Gasteiger partial charge on any atom is -0.393 e. The number of likely N-dealkylation sites (tertiary alicyclic amines) is 1. The summed E-state index contributed by atoms with van der Waals surface area (Å²) in [6.07, 6.45) is 1.42. The van der Waals surface area contributed by atoms with Crippen LogP contribution < -0.4 is 0 Å². The zero-order valence-electron chi connectivity index (χ0n) is 10.5. The number of halogens is 1. The van der Waals surface area contributed by atoms with Crippen molar-refractivity contribution in [3.8, 4) is 0 Å². The summed E-state index contributed by atoms with van der Waals surface area (Å²) < 4.78 is 0. The summed E-state index contributed by atoms with van der Waals surface area (Å²) in [5, 5.41) is 10.0. The Kier molecular flexibility index (Phi) is 4.25. The van der Waals surface area contributed by atoms with Crippen LogP contribution in [-0.4, -0.2) is 35.1 Å². The molecule has 0 radical (unpaired) electrons. The van der Waals surface area contributed by atoms with Gasteiger partial charge < -0.3 is 10.0 Å². The fourth-order valence-corrected chi connectivity index (χ4v) is 2.61. The molecule has 0 aliphatic carbocycles. The Morgan fingerprint density at radius 3 is 2.56 bits per heavy atom. The molecule has 3 nitrogen and oxygen atoms in total. The van der Waals surface area contributed by atoms with E-state index in [1.165, 1.54) is 0 Å². The number of nitrogens with zero attached hydrogens (tertiary/aromatic N) is 1. The summed E-state index contributed by atoms with van der Waals surface area (Å²) in [7, 11) is 0. The van der Waals surface area contributed by atoms with Gasteiger partial charge in [0.25, 0.3) is 5.91 Å². The quantitative estimate of drug-likeness (QED) is 0.895. The number of benzene rings is 1. The number of hydrogen-bond donors (Lipinski definition) is 1. The summed E-state index contributed by atoms with van der Waals surface area (Å²) in [4.78, 5) is 14.1. The Labute approximate surface area is 112 Å². The monoisotopic (exact) mass is 267 g/mol. The van der Waals surface area contributed by atoms with Gasteiger partial charge in [-0.1, -0.05) is 23.7 Å². The third kappa shape index (κ3) is 2.85. The van der Waals surface area contributed by atoms with Crippen LogP contribution in [0.4, 0.5) is 0 Å². The molecule has 1 saturated heterocycles. The van der Waals surface area contributed by atoms with Crippen molar-refractivity contribution in [1.29, 1.82) is 0 Å². The van der Waals surface area contributed by atoms with E-state index < -0.39 is 0 Å². The fraction of sp³-hybridized carbons (Fsp3) is 0.500. The molecule has 1 aromatic rings. The van der Waals surface area contributed by atoms with Crippen molar-refractivity contribution >= 4 is 17.5 Å². The van der Waals surface area contributed by atoms with E-state index >= 15 is 0 Å². The minimum atomic E-state index is -0.289. The van der Waals surface area contributed by atoms with Gasteiger partial charge in [0.2, 0.25) is 0 Å². The number of rotatable bonds is 2. The first-order chi connectivity index (χ1) is 8.59. The van der Waals surface area contributed by atoms with E-state index in [1.54, 1.807) is 12.1 Å². The molecule has 1 heterocycles. The molecule has 1 amide bonds. The van der Waals surface area contributed by atoms with E-state index in [0.717, 1.165) is 12.8 Å². The van der Waals surface area contributed by atoms with Gasteiger partial charge >= 0.3 is 0 Å². The highest BCUT2D eigenvalue weighted by molar-refractivity contribution is 6.33. The Hall–Kier alpha value is -1.06. The number of piperidine rings is 1. The molecular weight excluding hydrogens is 250 g/mol. The van der Waals surface area contributed by atoms with Crippen LogP contribution in [0.3, 0.4) is 0 Å². The molecule has 98 valence electrons. The van der Waals surface area contributed by atoms with Crippen molar-refractivity contribution in [2.45, 2.75) is 25.9 Å². The average Bonchev–Trinajstić information content (AvgIpc) is 2.38. The Morgan fingerprint density at radius 2 is 2.00 bits per heavy atom. The topological polar surface area (TPSA) is 40.5 Å². The summed E-state index contributed by atoms with van der Waals surface area (Å²) >= 11 is 6.03. The van der Waals surface area contributed by atoms with Crippen LogP contribution in [0.5, 0.6) is 0 Å². The first kappa shape index (κ1) is 13.4. The third-order valence-corrected chi connectivity index (χ3v) is 3.94. The van der Waals surface area contributed by atoms with E-state index in [4.69, 9.17) is 11.6 Å². The highest BCUT2D eigenvalue weighted by atomic mass is 35.5. The number of aliphatic hydroxyl groups excluding tert-OH is 1. The number of amides is 1. The second kappa shape index (κ2) is 5.72. The van der Waals surface area contributed by atoms with E-state index in [2.05, 4.69) is 0 Å². The van der Waals surface area contributed by atoms with Gasteiger partial charge in [-0.3, -0.25) is 4.79 Å². The SMILES string of the molecule is CC(O)C1CCN(C(=O)c2ccccc2Cl)CC1. The molecule has 0 spiro atoms. The van der Waals surface area contributed by atoms with Crippen molar-refractivity contribution in [3.05, 3.63) is 34.9 Å². The van der Waals surface area contributed by atoms with Crippen LogP contribution >= 0.6 is 11.6 Å². The zero-order chi connectivity index (χ0) is 13.1. The summed E-state index contributed by atoms with van der Waals surface area (Å²) in [5.74, 6) is 0.296. The summed E-state index contributed by atoms with van der Waals surface area (Å²) in [6, 6.07) is 7.13. The number of carbonyl (C=O) groups excluding carboxylic acids is 1. The molecule has 2 rings (SSSR count). The highest BCUT2D eigenvalue weighted by Gasteiger charge is 2.26. The van der Waals surface area contributed by atoms with Crippen LogP contribution in [-0.2, 0) is 0 Å². The molecule has 0 bridgehead atoms. The molecule has 1 atom stereocenters. The fourth-order valence-electron chi connectivity index (χ4n) is 2.39. The first-order valence-electron chi connectivity index (χ1n) is 6.31. The maximum absolute atomic E-state index is 12.3. The normalized spacial score (nSPS) is 18.7. The molecule has 1 aliphatic rings. The molecule has 0 saturated carbocycles. The lowest BCUT2D eigenvalue weighted by Gasteiger charge is -2.33. The number of carbonyl (C=O) groups is 1.